The van der Waals surface area contributed by atoms with E-state index in [4.69, 9.17) is 4.74 Å². The minimum atomic E-state index is -0.628. The summed E-state index contributed by atoms with van der Waals surface area (Å²) in [7, 11) is 1.46. The van der Waals surface area contributed by atoms with Crippen LogP contribution < -0.4 is 5.56 Å². The van der Waals surface area contributed by atoms with Crippen molar-refractivity contribution < 1.29 is 14.6 Å². The minimum Gasteiger partial charge on any atom is -0.494 e. The molecule has 0 bridgehead atoms. The average molecular weight is 318 g/mol. The van der Waals surface area contributed by atoms with E-state index in [1.54, 1.807) is 17.5 Å². The normalized spacial score (nSPS) is 10.4. The molecule has 0 spiro atoms. The molecule has 0 aliphatic heterocycles. The predicted molar refractivity (Wildman–Crippen MR) is 81.4 cm³/mol. The Kier molecular flexibility index (Phi) is 4.75. The first-order chi connectivity index (χ1) is 10.5. The zero-order valence-corrected chi connectivity index (χ0v) is 12.9. The molecule has 0 atom stereocenters. The van der Waals surface area contributed by atoms with E-state index < -0.39 is 17.2 Å². The second-order valence-electron chi connectivity index (χ2n) is 4.57. The lowest BCUT2D eigenvalue weighted by Gasteiger charge is -2.14. The van der Waals surface area contributed by atoms with E-state index in [1.165, 1.54) is 25.4 Å². The summed E-state index contributed by atoms with van der Waals surface area (Å²) < 4.78 is 5.89. The number of nitrogens with zero attached hydrogens (tertiary/aromatic N) is 2. The monoisotopic (exact) mass is 318 g/mol. The third-order valence-corrected chi connectivity index (χ3v) is 4.16. The molecule has 0 saturated carbocycles. The zero-order valence-electron chi connectivity index (χ0n) is 12.1. The van der Waals surface area contributed by atoms with Gasteiger partial charge in [0.05, 0.1) is 23.6 Å². The molecule has 0 aromatic carbocycles. The van der Waals surface area contributed by atoms with Crippen molar-refractivity contribution in [3.8, 4) is 11.9 Å². The molecule has 0 fully saturated rings. The van der Waals surface area contributed by atoms with Crippen LogP contribution in [0.3, 0.4) is 0 Å². The standard InChI is InChI=1S/C15H14N2O4S/c1-9-10(8-16)14(19)17(5-6-21-2)15(20)12(9)13(18)11-4-3-7-22-11/h3-4,7,20H,5-6H2,1-2H3. The highest BCUT2D eigenvalue weighted by Gasteiger charge is 2.25. The Balaban J connectivity index is 2.71. The molecule has 7 heteroatoms. The number of aromatic nitrogens is 1. The number of carbonyl (C=O) groups is 1. The lowest BCUT2D eigenvalue weighted by atomic mass is 10.0. The van der Waals surface area contributed by atoms with Crippen molar-refractivity contribution >= 4 is 17.1 Å². The van der Waals surface area contributed by atoms with Crippen molar-refractivity contribution in [1.29, 1.82) is 5.26 Å². The van der Waals surface area contributed by atoms with E-state index in [0.29, 0.717) is 4.88 Å². The van der Waals surface area contributed by atoms with Gasteiger partial charge < -0.3 is 9.84 Å². The summed E-state index contributed by atoms with van der Waals surface area (Å²) in [6.45, 7) is 1.72. The molecule has 0 unspecified atom stereocenters. The number of pyridine rings is 1. The van der Waals surface area contributed by atoms with Gasteiger partial charge in [0.1, 0.15) is 11.6 Å². The van der Waals surface area contributed by atoms with Crippen molar-refractivity contribution in [2.75, 3.05) is 13.7 Å². The fourth-order valence-electron chi connectivity index (χ4n) is 2.14. The summed E-state index contributed by atoms with van der Waals surface area (Å²) >= 11 is 1.23. The van der Waals surface area contributed by atoms with Gasteiger partial charge in [-0.1, -0.05) is 6.07 Å². The van der Waals surface area contributed by atoms with Gasteiger partial charge in [-0.2, -0.15) is 5.26 Å². The summed E-state index contributed by atoms with van der Waals surface area (Å²) in [6.07, 6.45) is 0. The first-order valence-corrected chi connectivity index (χ1v) is 7.34. The largest absolute Gasteiger partial charge is 0.494 e. The molecule has 0 saturated heterocycles. The number of ether oxygens (including phenoxy) is 1. The molecular weight excluding hydrogens is 304 g/mol. The number of rotatable bonds is 5. The first-order valence-electron chi connectivity index (χ1n) is 6.46. The lowest BCUT2D eigenvalue weighted by molar-refractivity contribution is 0.103. The number of carbonyl (C=O) groups excluding carboxylic acids is 1. The van der Waals surface area contributed by atoms with Crippen LogP contribution in [0.5, 0.6) is 5.88 Å². The molecule has 0 amide bonds. The predicted octanol–water partition coefficient (Wildman–Crippen LogP) is 1.67. The van der Waals surface area contributed by atoms with Gasteiger partial charge in [-0.3, -0.25) is 14.2 Å². The summed E-state index contributed by atoms with van der Waals surface area (Å²) in [5, 5.41) is 21.3. The number of thiophene rings is 1. The third kappa shape index (κ3) is 2.66. The Bertz CT molecular complexity index is 800. The Morgan fingerprint density at radius 3 is 2.82 bits per heavy atom. The van der Waals surface area contributed by atoms with Crippen LogP contribution in [0, 0.1) is 18.3 Å². The maximum absolute atomic E-state index is 12.5. The highest BCUT2D eigenvalue weighted by molar-refractivity contribution is 7.12. The lowest BCUT2D eigenvalue weighted by Crippen LogP contribution is -2.28. The zero-order chi connectivity index (χ0) is 16.3. The number of nitriles is 1. The van der Waals surface area contributed by atoms with Crippen LogP contribution in [0.15, 0.2) is 22.3 Å². The topological polar surface area (TPSA) is 92.3 Å². The van der Waals surface area contributed by atoms with E-state index >= 15 is 0 Å². The van der Waals surface area contributed by atoms with E-state index in [2.05, 4.69) is 0 Å². The highest BCUT2D eigenvalue weighted by atomic mass is 32.1. The second-order valence-corrected chi connectivity index (χ2v) is 5.51. The molecule has 0 aliphatic rings. The summed E-state index contributed by atoms with van der Waals surface area (Å²) in [6, 6.07) is 5.16. The third-order valence-electron chi connectivity index (χ3n) is 3.29. The van der Waals surface area contributed by atoms with Crippen molar-refractivity contribution in [2.24, 2.45) is 0 Å². The second kappa shape index (κ2) is 6.56. The average Bonchev–Trinajstić information content (AvgIpc) is 3.01. The van der Waals surface area contributed by atoms with E-state index in [9.17, 15) is 20.0 Å². The number of ketones is 1. The van der Waals surface area contributed by atoms with Gasteiger partial charge in [-0.05, 0) is 23.9 Å². The van der Waals surface area contributed by atoms with Crippen LogP contribution in [0.4, 0.5) is 0 Å². The van der Waals surface area contributed by atoms with Crippen LogP contribution >= 0.6 is 11.3 Å². The number of aromatic hydroxyl groups is 1. The Morgan fingerprint density at radius 1 is 1.55 bits per heavy atom. The van der Waals surface area contributed by atoms with E-state index in [-0.39, 0.29) is 29.8 Å². The fraction of sp³-hybridized carbons (Fsp3) is 0.267. The molecular formula is C15H14N2O4S. The van der Waals surface area contributed by atoms with Crippen molar-refractivity contribution in [2.45, 2.75) is 13.5 Å². The van der Waals surface area contributed by atoms with Gasteiger partial charge in [-0.25, -0.2) is 0 Å². The highest BCUT2D eigenvalue weighted by Crippen LogP contribution is 2.26. The molecule has 2 aromatic rings. The van der Waals surface area contributed by atoms with Crippen molar-refractivity contribution in [1.82, 2.24) is 4.57 Å². The maximum atomic E-state index is 12.5. The molecule has 114 valence electrons. The summed E-state index contributed by atoms with van der Waals surface area (Å²) in [5.41, 5.74) is -0.599. The fourth-order valence-corrected chi connectivity index (χ4v) is 2.81. The van der Waals surface area contributed by atoms with Crippen LogP contribution in [0.2, 0.25) is 0 Å². The Labute approximate surface area is 130 Å². The van der Waals surface area contributed by atoms with Crippen LogP contribution in [-0.2, 0) is 11.3 Å². The molecule has 22 heavy (non-hydrogen) atoms. The van der Waals surface area contributed by atoms with Crippen LogP contribution in [0.1, 0.15) is 26.4 Å². The van der Waals surface area contributed by atoms with Gasteiger partial charge in [0, 0.05) is 7.11 Å². The van der Waals surface area contributed by atoms with Gasteiger partial charge in [0.2, 0.25) is 11.7 Å². The van der Waals surface area contributed by atoms with Crippen molar-refractivity contribution in [3.63, 3.8) is 0 Å². The molecule has 6 nitrogen and oxygen atoms in total. The summed E-state index contributed by atoms with van der Waals surface area (Å²) in [5.74, 6) is -0.843. The molecule has 2 aromatic heterocycles. The Hall–Kier alpha value is -2.43. The SMILES string of the molecule is COCCn1c(O)c(C(=O)c2cccs2)c(C)c(C#N)c1=O. The maximum Gasteiger partial charge on any atom is 0.271 e. The van der Waals surface area contributed by atoms with Crippen LogP contribution in [0.25, 0.3) is 0 Å². The van der Waals surface area contributed by atoms with Gasteiger partial charge >= 0.3 is 0 Å². The number of methoxy groups -OCH3 is 1. The Morgan fingerprint density at radius 2 is 2.27 bits per heavy atom. The molecule has 2 heterocycles. The molecule has 2 rings (SSSR count). The quantitative estimate of drug-likeness (QED) is 0.847. The van der Waals surface area contributed by atoms with Crippen LogP contribution in [-0.4, -0.2) is 29.2 Å². The molecule has 0 aliphatic carbocycles. The van der Waals surface area contributed by atoms with E-state index in [0.717, 1.165) is 4.57 Å². The molecule has 1 N–H and O–H groups in total. The number of hydrogen-bond donors (Lipinski definition) is 1. The van der Waals surface area contributed by atoms with E-state index in [1.807, 2.05) is 6.07 Å². The van der Waals surface area contributed by atoms with Gasteiger partial charge in [-0.15, -0.1) is 11.3 Å². The summed E-state index contributed by atoms with van der Waals surface area (Å²) in [4.78, 5) is 25.2. The van der Waals surface area contributed by atoms with Crippen molar-refractivity contribution in [3.05, 3.63) is 49.4 Å². The number of hydrogen-bond acceptors (Lipinski definition) is 6. The van der Waals surface area contributed by atoms with Gasteiger partial charge in [0.25, 0.3) is 5.56 Å². The van der Waals surface area contributed by atoms with Gasteiger partial charge in [0.15, 0.2) is 0 Å². The first kappa shape index (κ1) is 15.9. The smallest absolute Gasteiger partial charge is 0.271 e. The minimum absolute atomic E-state index is 0.0188. The molecule has 0 radical (unpaired) electrons.